The van der Waals surface area contributed by atoms with Gasteiger partial charge in [-0.05, 0) is 48.7 Å². The van der Waals surface area contributed by atoms with Gasteiger partial charge in [-0.25, -0.2) is 0 Å². The summed E-state index contributed by atoms with van der Waals surface area (Å²) in [5.74, 6) is 1.53. The van der Waals surface area contributed by atoms with Crippen molar-refractivity contribution in [1.29, 1.82) is 0 Å². The van der Waals surface area contributed by atoms with Gasteiger partial charge in [0.15, 0.2) is 0 Å². The van der Waals surface area contributed by atoms with Crippen LogP contribution in [0.3, 0.4) is 0 Å². The average Bonchev–Trinajstić information content (AvgIpc) is 3.17. The normalized spacial score (nSPS) is 10.6. The molecule has 6 nitrogen and oxygen atoms in total. The van der Waals surface area contributed by atoms with Gasteiger partial charge in [0.05, 0.1) is 13.7 Å². The molecule has 0 aliphatic heterocycles. The van der Waals surface area contributed by atoms with Crippen molar-refractivity contribution >= 4 is 17.5 Å². The van der Waals surface area contributed by atoms with Crippen LogP contribution in [-0.2, 0) is 17.8 Å². The molecule has 2 aromatic carbocycles. The Morgan fingerprint density at radius 2 is 1.96 bits per heavy atom. The lowest BCUT2D eigenvalue weighted by molar-refractivity contribution is -0.121. The van der Waals surface area contributed by atoms with Crippen LogP contribution in [0.25, 0.3) is 11.4 Å². The van der Waals surface area contributed by atoms with Crippen molar-refractivity contribution in [3.63, 3.8) is 0 Å². The summed E-state index contributed by atoms with van der Waals surface area (Å²) in [7, 11) is 1.61. The van der Waals surface area contributed by atoms with Crippen molar-refractivity contribution in [2.75, 3.05) is 7.11 Å². The van der Waals surface area contributed by atoms with E-state index in [1.54, 1.807) is 7.11 Å². The molecule has 1 aromatic heterocycles. The van der Waals surface area contributed by atoms with Crippen molar-refractivity contribution < 1.29 is 14.1 Å². The minimum Gasteiger partial charge on any atom is -0.497 e. The van der Waals surface area contributed by atoms with Crippen molar-refractivity contribution in [1.82, 2.24) is 15.5 Å². The number of benzene rings is 2. The summed E-state index contributed by atoms with van der Waals surface area (Å²) >= 11 is 6.12. The van der Waals surface area contributed by atoms with Gasteiger partial charge in [-0.3, -0.25) is 4.79 Å². The number of amides is 1. The molecule has 1 heterocycles. The van der Waals surface area contributed by atoms with Gasteiger partial charge in [-0.1, -0.05) is 35.0 Å². The molecule has 0 saturated heterocycles. The molecule has 1 amide bonds. The highest BCUT2D eigenvalue weighted by Gasteiger charge is 2.10. The number of nitrogens with one attached hydrogen (secondary N) is 1. The second kappa shape index (κ2) is 9.19. The highest BCUT2D eigenvalue weighted by Crippen LogP contribution is 2.20. The Bertz CT molecular complexity index is 893. The van der Waals surface area contributed by atoms with Crippen molar-refractivity contribution in [2.45, 2.75) is 25.8 Å². The maximum Gasteiger partial charge on any atom is 0.246 e. The minimum absolute atomic E-state index is 0.0637. The molecule has 0 atom stereocenters. The van der Waals surface area contributed by atoms with Gasteiger partial charge >= 0.3 is 0 Å². The first-order valence-corrected chi connectivity index (χ1v) is 9.00. The molecular weight excluding hydrogens is 366 g/mol. The van der Waals surface area contributed by atoms with Gasteiger partial charge in [0.2, 0.25) is 17.6 Å². The Morgan fingerprint density at radius 1 is 1.19 bits per heavy atom. The Labute approximate surface area is 162 Å². The van der Waals surface area contributed by atoms with Crippen LogP contribution in [0.5, 0.6) is 5.75 Å². The zero-order chi connectivity index (χ0) is 19.1. The van der Waals surface area contributed by atoms with E-state index >= 15 is 0 Å². The molecule has 27 heavy (non-hydrogen) atoms. The van der Waals surface area contributed by atoms with Crippen LogP contribution >= 0.6 is 11.6 Å². The first-order chi connectivity index (χ1) is 13.2. The number of ether oxygens (including phenoxy) is 1. The van der Waals surface area contributed by atoms with E-state index in [1.165, 1.54) is 0 Å². The van der Waals surface area contributed by atoms with E-state index in [0.717, 1.165) is 34.7 Å². The predicted molar refractivity (Wildman–Crippen MR) is 103 cm³/mol. The lowest BCUT2D eigenvalue weighted by Gasteiger charge is -2.04. The molecular formula is C20H20ClN3O3. The quantitative estimate of drug-likeness (QED) is 0.633. The molecule has 7 heteroatoms. The fourth-order valence-corrected chi connectivity index (χ4v) is 2.82. The monoisotopic (exact) mass is 385 g/mol. The van der Waals surface area contributed by atoms with E-state index in [0.29, 0.717) is 18.1 Å². The van der Waals surface area contributed by atoms with E-state index in [4.69, 9.17) is 20.9 Å². The van der Waals surface area contributed by atoms with Crippen LogP contribution in [0.15, 0.2) is 53.1 Å². The van der Waals surface area contributed by atoms with E-state index in [9.17, 15) is 4.79 Å². The number of methoxy groups -OCH3 is 1. The predicted octanol–water partition coefficient (Wildman–Crippen LogP) is 4.04. The van der Waals surface area contributed by atoms with Gasteiger partial charge < -0.3 is 14.6 Å². The summed E-state index contributed by atoms with van der Waals surface area (Å²) in [6.07, 6.45) is 1.89. The van der Waals surface area contributed by atoms with Gasteiger partial charge in [0.25, 0.3) is 0 Å². The number of halogens is 1. The summed E-state index contributed by atoms with van der Waals surface area (Å²) in [4.78, 5) is 16.3. The van der Waals surface area contributed by atoms with Crippen molar-refractivity contribution in [2.24, 2.45) is 0 Å². The van der Waals surface area contributed by atoms with Gasteiger partial charge in [-0.2, -0.15) is 4.98 Å². The topological polar surface area (TPSA) is 77.3 Å². The third-order valence-electron chi connectivity index (χ3n) is 4.06. The summed E-state index contributed by atoms with van der Waals surface area (Å²) in [6.45, 7) is 0.202. The summed E-state index contributed by atoms with van der Waals surface area (Å²) in [5, 5.41) is 7.46. The summed E-state index contributed by atoms with van der Waals surface area (Å²) < 4.78 is 10.3. The highest BCUT2D eigenvalue weighted by molar-refractivity contribution is 6.31. The zero-order valence-corrected chi connectivity index (χ0v) is 15.7. The van der Waals surface area contributed by atoms with E-state index in [2.05, 4.69) is 15.5 Å². The maximum atomic E-state index is 12.0. The fraction of sp³-hybridized carbons (Fsp3) is 0.250. The lowest BCUT2D eigenvalue weighted by Crippen LogP contribution is -2.22. The smallest absolute Gasteiger partial charge is 0.246 e. The molecule has 1 N–H and O–H groups in total. The molecule has 0 spiro atoms. The number of carbonyl (C=O) groups excluding carboxylic acids is 1. The number of carbonyl (C=O) groups is 1. The Hall–Kier alpha value is -2.86. The Balaban J connectivity index is 1.45. The third kappa shape index (κ3) is 5.31. The first-order valence-electron chi connectivity index (χ1n) is 8.63. The van der Waals surface area contributed by atoms with Crippen molar-refractivity contribution in [3.8, 4) is 17.1 Å². The van der Waals surface area contributed by atoms with Gasteiger partial charge in [-0.15, -0.1) is 0 Å². The molecule has 0 fully saturated rings. The number of aromatic nitrogens is 2. The minimum atomic E-state index is -0.0637. The zero-order valence-electron chi connectivity index (χ0n) is 14.9. The largest absolute Gasteiger partial charge is 0.497 e. The Morgan fingerprint density at radius 3 is 2.70 bits per heavy atom. The molecule has 0 saturated carbocycles. The third-order valence-corrected chi connectivity index (χ3v) is 4.43. The van der Waals surface area contributed by atoms with Crippen molar-refractivity contribution in [3.05, 3.63) is 65.0 Å². The molecule has 3 rings (SSSR count). The fourth-order valence-electron chi connectivity index (χ4n) is 2.59. The SMILES string of the molecule is COc1ccc(-c2noc(CNC(=O)CCCc3ccccc3Cl)n2)cc1. The van der Waals surface area contributed by atoms with Gasteiger partial charge in [0.1, 0.15) is 5.75 Å². The molecule has 3 aromatic rings. The molecule has 0 unspecified atom stereocenters. The average molecular weight is 386 g/mol. The van der Waals surface area contributed by atoms with Crippen LogP contribution in [0.2, 0.25) is 5.02 Å². The number of nitrogens with zero attached hydrogens (tertiary/aromatic N) is 2. The van der Waals surface area contributed by atoms with Crippen LogP contribution in [0.4, 0.5) is 0 Å². The van der Waals surface area contributed by atoms with Crippen LogP contribution in [0.1, 0.15) is 24.3 Å². The molecule has 140 valence electrons. The standard InChI is InChI=1S/C20H20ClN3O3/c1-26-16-11-9-15(10-12-16)20-23-19(27-24-20)13-22-18(25)8-4-6-14-5-2-3-7-17(14)21/h2-3,5,7,9-12H,4,6,8,13H2,1H3,(H,22,25). The Kier molecular flexibility index (Phi) is 6.44. The second-order valence-corrected chi connectivity index (χ2v) is 6.37. The number of hydrogen-bond donors (Lipinski definition) is 1. The molecule has 0 radical (unpaired) electrons. The van der Waals surface area contributed by atoms with E-state index in [-0.39, 0.29) is 12.5 Å². The molecule has 0 aliphatic carbocycles. The van der Waals surface area contributed by atoms with E-state index < -0.39 is 0 Å². The maximum absolute atomic E-state index is 12.0. The number of aryl methyl sites for hydroxylation is 1. The highest BCUT2D eigenvalue weighted by atomic mass is 35.5. The van der Waals surface area contributed by atoms with Crippen LogP contribution in [0, 0.1) is 0 Å². The van der Waals surface area contributed by atoms with Gasteiger partial charge in [0, 0.05) is 17.0 Å². The van der Waals surface area contributed by atoms with Crippen LogP contribution < -0.4 is 10.1 Å². The van der Waals surface area contributed by atoms with Crippen LogP contribution in [-0.4, -0.2) is 23.2 Å². The molecule has 0 aliphatic rings. The number of rotatable bonds is 8. The molecule has 0 bridgehead atoms. The summed E-state index contributed by atoms with van der Waals surface area (Å²) in [5.41, 5.74) is 1.87. The lowest BCUT2D eigenvalue weighted by atomic mass is 10.1. The number of hydrogen-bond acceptors (Lipinski definition) is 5. The second-order valence-electron chi connectivity index (χ2n) is 5.96. The van der Waals surface area contributed by atoms with E-state index in [1.807, 2.05) is 48.5 Å². The first kappa shape index (κ1) is 18.9. The summed E-state index contributed by atoms with van der Waals surface area (Å²) in [6, 6.07) is 15.0.